The molecule has 7 heteroatoms. The van der Waals surface area contributed by atoms with Crippen LogP contribution in [-0.2, 0) is 9.53 Å². The molecule has 2 rings (SSSR count). The first kappa shape index (κ1) is 14.5. The molecule has 0 aliphatic carbocycles. The number of nitrogens with zero attached hydrogens (tertiary/aromatic N) is 2. The Kier molecular flexibility index (Phi) is 4.75. The highest BCUT2D eigenvalue weighted by molar-refractivity contribution is 5.94. The lowest BCUT2D eigenvalue weighted by atomic mass is 10.2. The molecular formula is C13H18N2O5. The number of hydrogen-bond acceptors (Lipinski definition) is 5. The number of carbonyl (C=O) groups excluding carboxylic acids is 2. The molecule has 110 valence electrons. The van der Waals surface area contributed by atoms with Gasteiger partial charge in [-0.05, 0) is 12.1 Å². The average molecular weight is 282 g/mol. The van der Waals surface area contributed by atoms with Gasteiger partial charge in [-0.2, -0.15) is 0 Å². The third-order valence-electron chi connectivity index (χ3n) is 3.21. The maximum atomic E-state index is 12.2. The third-order valence-corrected chi connectivity index (χ3v) is 3.21. The van der Waals surface area contributed by atoms with Crippen LogP contribution in [-0.4, -0.2) is 72.7 Å². The summed E-state index contributed by atoms with van der Waals surface area (Å²) in [4.78, 5) is 27.0. The normalized spacial score (nSPS) is 18.9. The molecule has 1 aliphatic heterocycles. The van der Waals surface area contributed by atoms with Gasteiger partial charge in [-0.15, -0.1) is 0 Å². The van der Waals surface area contributed by atoms with Gasteiger partial charge in [0.1, 0.15) is 0 Å². The first-order valence-corrected chi connectivity index (χ1v) is 6.40. The first-order valence-electron chi connectivity index (χ1n) is 6.40. The van der Waals surface area contributed by atoms with Crippen molar-refractivity contribution in [1.82, 2.24) is 9.80 Å². The number of aliphatic hydroxyl groups is 1. The molecule has 1 aromatic rings. The maximum absolute atomic E-state index is 12.2. The fourth-order valence-electron chi connectivity index (χ4n) is 2.09. The number of ether oxygens (including phenoxy) is 1. The highest BCUT2D eigenvalue weighted by atomic mass is 16.5. The van der Waals surface area contributed by atoms with Crippen molar-refractivity contribution in [1.29, 1.82) is 0 Å². The summed E-state index contributed by atoms with van der Waals surface area (Å²) in [5.74, 6) is -0.368. The van der Waals surface area contributed by atoms with Crippen molar-refractivity contribution in [2.24, 2.45) is 0 Å². The summed E-state index contributed by atoms with van der Waals surface area (Å²) in [6.45, 7) is 0.973. The van der Waals surface area contributed by atoms with E-state index in [0.717, 1.165) is 0 Å². The van der Waals surface area contributed by atoms with E-state index in [9.17, 15) is 14.7 Å². The predicted octanol–water partition coefficient (Wildman–Crippen LogP) is -0.429. The Bertz CT molecular complexity index is 459. The van der Waals surface area contributed by atoms with Crippen LogP contribution in [0.25, 0.3) is 0 Å². The zero-order valence-corrected chi connectivity index (χ0v) is 11.3. The van der Waals surface area contributed by atoms with Crippen LogP contribution in [0.4, 0.5) is 0 Å². The standard InChI is InChI=1S/C13H18N2O5/c1-14(13(18)11-3-2-5-20-11)7-12(17)15-4-6-19-9-10(15)8-16/h2-3,5,10,16H,4,6-9H2,1H3. The second-order valence-corrected chi connectivity index (χ2v) is 4.64. The van der Waals surface area contributed by atoms with Gasteiger partial charge in [-0.1, -0.05) is 0 Å². The van der Waals surface area contributed by atoms with E-state index in [1.54, 1.807) is 17.0 Å². The molecule has 0 saturated carbocycles. The minimum atomic E-state index is -0.350. The van der Waals surface area contributed by atoms with Gasteiger partial charge in [0.15, 0.2) is 5.76 Å². The Morgan fingerprint density at radius 2 is 2.35 bits per heavy atom. The number of rotatable bonds is 4. The Morgan fingerprint density at radius 1 is 1.55 bits per heavy atom. The second kappa shape index (κ2) is 6.53. The molecule has 1 fully saturated rings. The van der Waals surface area contributed by atoms with Crippen LogP contribution >= 0.6 is 0 Å². The molecule has 0 spiro atoms. The zero-order valence-electron chi connectivity index (χ0n) is 11.3. The summed E-state index contributed by atoms with van der Waals surface area (Å²) in [7, 11) is 1.54. The molecule has 0 aromatic carbocycles. The number of hydrogen-bond donors (Lipinski definition) is 1. The van der Waals surface area contributed by atoms with E-state index in [1.807, 2.05) is 0 Å². The van der Waals surface area contributed by atoms with Crippen molar-refractivity contribution in [2.45, 2.75) is 6.04 Å². The van der Waals surface area contributed by atoms with Gasteiger partial charge >= 0.3 is 0 Å². The van der Waals surface area contributed by atoms with Crippen molar-refractivity contribution in [3.63, 3.8) is 0 Å². The molecule has 2 heterocycles. The number of aliphatic hydroxyl groups excluding tert-OH is 1. The lowest BCUT2D eigenvalue weighted by molar-refractivity contribution is -0.142. The van der Waals surface area contributed by atoms with Crippen LogP contribution in [0.2, 0.25) is 0 Å². The highest BCUT2D eigenvalue weighted by Gasteiger charge is 2.28. The van der Waals surface area contributed by atoms with Crippen LogP contribution in [0.15, 0.2) is 22.8 Å². The minimum Gasteiger partial charge on any atom is -0.459 e. The van der Waals surface area contributed by atoms with Crippen molar-refractivity contribution in [2.75, 3.05) is 40.0 Å². The molecule has 1 saturated heterocycles. The number of morpholine rings is 1. The third kappa shape index (κ3) is 3.17. The van der Waals surface area contributed by atoms with Gasteiger partial charge in [0, 0.05) is 13.6 Å². The van der Waals surface area contributed by atoms with E-state index in [0.29, 0.717) is 19.8 Å². The fourth-order valence-corrected chi connectivity index (χ4v) is 2.09. The Hall–Kier alpha value is -1.86. The van der Waals surface area contributed by atoms with Crippen molar-refractivity contribution in [3.8, 4) is 0 Å². The van der Waals surface area contributed by atoms with Crippen LogP contribution in [0, 0.1) is 0 Å². The van der Waals surface area contributed by atoms with Gasteiger partial charge < -0.3 is 24.1 Å². The summed E-state index contributed by atoms with van der Waals surface area (Å²) >= 11 is 0. The van der Waals surface area contributed by atoms with Gasteiger partial charge in [0.05, 0.1) is 38.7 Å². The van der Waals surface area contributed by atoms with Gasteiger partial charge in [-0.25, -0.2) is 0 Å². The molecule has 1 aromatic heterocycles. The second-order valence-electron chi connectivity index (χ2n) is 4.64. The number of furan rings is 1. The summed E-state index contributed by atoms with van der Waals surface area (Å²) in [6, 6.07) is 2.82. The van der Waals surface area contributed by atoms with E-state index in [4.69, 9.17) is 9.15 Å². The summed E-state index contributed by atoms with van der Waals surface area (Å²) in [5, 5.41) is 9.23. The van der Waals surface area contributed by atoms with Crippen LogP contribution < -0.4 is 0 Å². The summed E-state index contributed by atoms with van der Waals surface area (Å²) in [5.41, 5.74) is 0. The molecule has 0 radical (unpaired) electrons. The maximum Gasteiger partial charge on any atom is 0.289 e. The molecule has 1 atom stereocenters. The number of likely N-dealkylation sites (N-methyl/N-ethyl adjacent to an activating group) is 1. The van der Waals surface area contributed by atoms with Gasteiger partial charge in [0.2, 0.25) is 5.91 Å². The Morgan fingerprint density at radius 3 is 3.00 bits per heavy atom. The van der Waals surface area contributed by atoms with Gasteiger partial charge in [0.25, 0.3) is 5.91 Å². The monoisotopic (exact) mass is 282 g/mol. The quantitative estimate of drug-likeness (QED) is 0.810. The van der Waals surface area contributed by atoms with Crippen molar-refractivity contribution in [3.05, 3.63) is 24.2 Å². The zero-order chi connectivity index (χ0) is 14.5. The molecule has 1 N–H and O–H groups in total. The topological polar surface area (TPSA) is 83.2 Å². The Balaban J connectivity index is 1.94. The van der Waals surface area contributed by atoms with E-state index < -0.39 is 0 Å². The molecular weight excluding hydrogens is 264 g/mol. The molecule has 1 aliphatic rings. The van der Waals surface area contributed by atoms with E-state index >= 15 is 0 Å². The molecule has 20 heavy (non-hydrogen) atoms. The minimum absolute atomic E-state index is 0.0595. The van der Waals surface area contributed by atoms with Crippen LogP contribution in [0.1, 0.15) is 10.6 Å². The Labute approximate surface area is 116 Å². The van der Waals surface area contributed by atoms with Crippen molar-refractivity contribution >= 4 is 11.8 Å². The van der Waals surface area contributed by atoms with E-state index in [2.05, 4.69) is 0 Å². The van der Waals surface area contributed by atoms with Crippen LogP contribution in [0.5, 0.6) is 0 Å². The molecule has 2 amide bonds. The van der Waals surface area contributed by atoms with Crippen molar-refractivity contribution < 1.29 is 23.8 Å². The lowest BCUT2D eigenvalue weighted by Gasteiger charge is -2.35. The number of carbonyl (C=O) groups is 2. The lowest BCUT2D eigenvalue weighted by Crippen LogP contribution is -2.53. The molecule has 0 bridgehead atoms. The number of amides is 2. The summed E-state index contributed by atoms with van der Waals surface area (Å²) < 4.78 is 10.2. The van der Waals surface area contributed by atoms with E-state index in [-0.39, 0.29) is 36.8 Å². The van der Waals surface area contributed by atoms with Crippen LogP contribution in [0.3, 0.4) is 0 Å². The average Bonchev–Trinajstić information content (AvgIpc) is 3.00. The van der Waals surface area contributed by atoms with E-state index in [1.165, 1.54) is 18.2 Å². The molecule has 7 nitrogen and oxygen atoms in total. The summed E-state index contributed by atoms with van der Waals surface area (Å²) in [6.07, 6.45) is 1.41. The largest absolute Gasteiger partial charge is 0.459 e. The first-order chi connectivity index (χ1) is 9.63. The smallest absolute Gasteiger partial charge is 0.289 e. The highest BCUT2D eigenvalue weighted by Crippen LogP contribution is 2.09. The fraction of sp³-hybridized carbons (Fsp3) is 0.538. The SMILES string of the molecule is CN(CC(=O)N1CCOCC1CO)C(=O)c1ccco1. The predicted molar refractivity (Wildman–Crippen MR) is 69.1 cm³/mol. The van der Waals surface area contributed by atoms with Gasteiger partial charge in [-0.3, -0.25) is 9.59 Å². The molecule has 1 unspecified atom stereocenters.